The van der Waals surface area contributed by atoms with Crippen molar-refractivity contribution in [2.45, 2.75) is 13.0 Å². The largest absolute Gasteiger partial charge is 0.454 e. The minimum absolute atomic E-state index is 0.159. The molecule has 142 valence electrons. The molecule has 0 atom stereocenters. The zero-order valence-electron chi connectivity index (χ0n) is 14.9. The second-order valence-corrected chi connectivity index (χ2v) is 6.32. The molecule has 2 N–H and O–H groups in total. The lowest BCUT2D eigenvalue weighted by Crippen LogP contribution is -2.15. The number of anilines is 2. The van der Waals surface area contributed by atoms with Crippen LogP contribution < -0.4 is 20.1 Å². The molecule has 0 aliphatic carbocycles. The fourth-order valence-electron chi connectivity index (χ4n) is 2.80. The van der Waals surface area contributed by atoms with Crippen molar-refractivity contribution in [2.75, 3.05) is 17.4 Å². The van der Waals surface area contributed by atoms with Crippen LogP contribution in [-0.4, -0.2) is 17.7 Å². The number of fused-ring (bicyclic) bond motifs is 1. The summed E-state index contributed by atoms with van der Waals surface area (Å²) in [6, 6.07) is 15.2. The minimum Gasteiger partial charge on any atom is -0.454 e. The normalized spacial score (nSPS) is 11.9. The van der Waals surface area contributed by atoms with Crippen molar-refractivity contribution in [1.29, 1.82) is 0 Å². The lowest BCUT2D eigenvalue weighted by atomic mass is 10.1. The van der Waals surface area contributed by atoms with Crippen LogP contribution in [0.5, 0.6) is 11.5 Å². The molecular formula is C21H18FN3O3. The number of nitrogens with one attached hydrogen (secondary N) is 2. The molecule has 0 bridgehead atoms. The summed E-state index contributed by atoms with van der Waals surface area (Å²) in [6.07, 6.45) is 1.81. The molecule has 1 aliphatic heterocycles. The van der Waals surface area contributed by atoms with Gasteiger partial charge in [0.15, 0.2) is 11.5 Å². The predicted molar refractivity (Wildman–Crippen MR) is 103 cm³/mol. The highest BCUT2D eigenvalue weighted by Crippen LogP contribution is 2.32. The van der Waals surface area contributed by atoms with Crippen molar-refractivity contribution < 1.29 is 18.7 Å². The molecule has 0 radical (unpaired) electrons. The van der Waals surface area contributed by atoms with E-state index in [4.69, 9.17) is 9.47 Å². The molecule has 1 amide bonds. The summed E-state index contributed by atoms with van der Waals surface area (Å²) in [6.45, 7) is 0.860. The molecule has 0 saturated heterocycles. The number of halogens is 1. The van der Waals surface area contributed by atoms with Gasteiger partial charge in [-0.05, 0) is 47.5 Å². The van der Waals surface area contributed by atoms with Gasteiger partial charge in [-0.25, -0.2) is 9.37 Å². The third-order valence-electron chi connectivity index (χ3n) is 4.24. The maximum atomic E-state index is 12.9. The zero-order valence-corrected chi connectivity index (χ0v) is 14.9. The first-order valence-electron chi connectivity index (χ1n) is 8.78. The summed E-state index contributed by atoms with van der Waals surface area (Å²) in [7, 11) is 0. The van der Waals surface area contributed by atoms with E-state index in [1.807, 2.05) is 24.3 Å². The molecule has 0 saturated carbocycles. The van der Waals surface area contributed by atoms with Crippen molar-refractivity contribution in [1.82, 2.24) is 4.98 Å². The molecule has 0 unspecified atom stereocenters. The zero-order chi connectivity index (χ0) is 19.3. The predicted octanol–water partition coefficient (Wildman–Crippen LogP) is 3.74. The standard InChI is InChI=1S/C21H18FN3O3/c22-16-4-1-14(2-5-16)10-21(26)25-20-8-6-17(12-24-20)23-11-15-3-7-18-19(9-15)28-13-27-18/h1-9,12,23H,10-11,13H2,(H,24,25,26). The molecule has 7 heteroatoms. The number of carbonyl (C=O) groups excluding carboxylic acids is 1. The molecule has 2 heterocycles. The molecular weight excluding hydrogens is 361 g/mol. The van der Waals surface area contributed by atoms with Crippen LogP contribution >= 0.6 is 0 Å². The molecule has 6 nitrogen and oxygen atoms in total. The van der Waals surface area contributed by atoms with E-state index in [1.165, 1.54) is 12.1 Å². The van der Waals surface area contributed by atoms with Crippen molar-refractivity contribution in [3.8, 4) is 11.5 Å². The molecule has 2 aromatic carbocycles. The molecule has 3 aromatic rings. The fourth-order valence-corrected chi connectivity index (χ4v) is 2.80. The number of aromatic nitrogens is 1. The Morgan fingerprint density at radius 3 is 2.57 bits per heavy atom. The Bertz CT molecular complexity index is 975. The quantitative estimate of drug-likeness (QED) is 0.683. The minimum atomic E-state index is -0.324. The molecule has 28 heavy (non-hydrogen) atoms. The second-order valence-electron chi connectivity index (χ2n) is 6.32. The van der Waals surface area contributed by atoms with Gasteiger partial charge in [-0.3, -0.25) is 4.79 Å². The SMILES string of the molecule is O=C(Cc1ccc(F)cc1)Nc1ccc(NCc2ccc3c(c2)OCO3)cn1. The number of ether oxygens (including phenoxy) is 2. The van der Waals surface area contributed by atoms with Gasteiger partial charge in [-0.2, -0.15) is 0 Å². The first-order valence-corrected chi connectivity index (χ1v) is 8.78. The van der Waals surface area contributed by atoms with Gasteiger partial charge in [0, 0.05) is 6.54 Å². The van der Waals surface area contributed by atoms with E-state index in [2.05, 4.69) is 15.6 Å². The van der Waals surface area contributed by atoms with Crippen LogP contribution in [0.2, 0.25) is 0 Å². The first kappa shape index (κ1) is 17.8. The summed E-state index contributed by atoms with van der Waals surface area (Å²) < 4.78 is 23.6. The highest BCUT2D eigenvalue weighted by molar-refractivity contribution is 5.91. The Kier molecular flexibility index (Phi) is 5.05. The highest BCUT2D eigenvalue weighted by Gasteiger charge is 2.13. The van der Waals surface area contributed by atoms with Gasteiger partial charge in [-0.15, -0.1) is 0 Å². The van der Waals surface area contributed by atoms with Crippen LogP contribution in [0.25, 0.3) is 0 Å². The van der Waals surface area contributed by atoms with E-state index in [0.717, 1.165) is 28.3 Å². The molecule has 0 fully saturated rings. The van der Waals surface area contributed by atoms with E-state index in [-0.39, 0.29) is 24.9 Å². The Balaban J connectivity index is 1.29. The van der Waals surface area contributed by atoms with E-state index < -0.39 is 0 Å². The number of rotatable bonds is 6. The van der Waals surface area contributed by atoms with Crippen LogP contribution in [0.1, 0.15) is 11.1 Å². The number of pyridine rings is 1. The summed E-state index contributed by atoms with van der Waals surface area (Å²) >= 11 is 0. The summed E-state index contributed by atoms with van der Waals surface area (Å²) in [4.78, 5) is 16.3. The van der Waals surface area contributed by atoms with Crippen molar-refractivity contribution in [2.24, 2.45) is 0 Å². The van der Waals surface area contributed by atoms with Gasteiger partial charge in [0.1, 0.15) is 11.6 Å². The first-order chi connectivity index (χ1) is 13.7. The number of nitrogens with zero attached hydrogens (tertiary/aromatic N) is 1. The van der Waals surface area contributed by atoms with E-state index in [1.54, 1.807) is 24.4 Å². The lowest BCUT2D eigenvalue weighted by molar-refractivity contribution is -0.115. The van der Waals surface area contributed by atoms with Crippen LogP contribution in [0.3, 0.4) is 0 Å². The summed E-state index contributed by atoms with van der Waals surface area (Å²) in [5, 5.41) is 6.00. The fraction of sp³-hybridized carbons (Fsp3) is 0.143. The van der Waals surface area contributed by atoms with Crippen molar-refractivity contribution in [3.05, 3.63) is 77.7 Å². The van der Waals surface area contributed by atoms with Gasteiger partial charge < -0.3 is 20.1 Å². The average Bonchev–Trinajstić information content (AvgIpc) is 3.17. The van der Waals surface area contributed by atoms with Gasteiger partial charge >= 0.3 is 0 Å². The molecule has 4 rings (SSSR count). The number of hydrogen-bond donors (Lipinski definition) is 2. The Morgan fingerprint density at radius 2 is 1.79 bits per heavy atom. The summed E-state index contributed by atoms with van der Waals surface area (Å²) in [5.74, 6) is 1.43. The lowest BCUT2D eigenvalue weighted by Gasteiger charge is -2.09. The Labute approximate surface area is 161 Å². The number of amides is 1. The van der Waals surface area contributed by atoms with E-state index in [9.17, 15) is 9.18 Å². The third-order valence-corrected chi connectivity index (χ3v) is 4.24. The van der Waals surface area contributed by atoms with E-state index >= 15 is 0 Å². The van der Waals surface area contributed by atoms with Crippen LogP contribution in [0, 0.1) is 5.82 Å². The molecule has 1 aliphatic rings. The van der Waals surface area contributed by atoms with Gasteiger partial charge in [0.05, 0.1) is 18.3 Å². The smallest absolute Gasteiger partial charge is 0.231 e. The monoisotopic (exact) mass is 379 g/mol. The van der Waals surface area contributed by atoms with Gasteiger partial charge in [-0.1, -0.05) is 18.2 Å². The van der Waals surface area contributed by atoms with Crippen LogP contribution in [-0.2, 0) is 17.8 Å². The van der Waals surface area contributed by atoms with Crippen molar-refractivity contribution in [3.63, 3.8) is 0 Å². The van der Waals surface area contributed by atoms with Gasteiger partial charge in [0.2, 0.25) is 12.7 Å². The Hall–Kier alpha value is -3.61. The molecule has 1 aromatic heterocycles. The van der Waals surface area contributed by atoms with E-state index in [0.29, 0.717) is 12.4 Å². The maximum absolute atomic E-state index is 12.9. The topological polar surface area (TPSA) is 72.5 Å². The maximum Gasteiger partial charge on any atom is 0.231 e. The Morgan fingerprint density at radius 1 is 1.00 bits per heavy atom. The van der Waals surface area contributed by atoms with Crippen LogP contribution in [0.4, 0.5) is 15.9 Å². The van der Waals surface area contributed by atoms with Gasteiger partial charge in [0.25, 0.3) is 0 Å². The second kappa shape index (κ2) is 7.96. The summed E-state index contributed by atoms with van der Waals surface area (Å²) in [5.41, 5.74) is 2.62. The number of carbonyl (C=O) groups is 1. The van der Waals surface area contributed by atoms with Crippen LogP contribution in [0.15, 0.2) is 60.8 Å². The molecule has 0 spiro atoms. The highest BCUT2D eigenvalue weighted by atomic mass is 19.1. The number of benzene rings is 2. The van der Waals surface area contributed by atoms with Crippen molar-refractivity contribution >= 4 is 17.4 Å². The third kappa shape index (κ3) is 4.37. The average molecular weight is 379 g/mol. The number of hydrogen-bond acceptors (Lipinski definition) is 5.